The van der Waals surface area contributed by atoms with Crippen LogP contribution in [0.3, 0.4) is 0 Å². The number of aryl methyl sites for hydroxylation is 1. The van der Waals surface area contributed by atoms with E-state index in [1.165, 1.54) is 11.0 Å². The Morgan fingerprint density at radius 3 is 2.46 bits per heavy atom. The largest absolute Gasteiger partial charge is 0.494 e. The van der Waals surface area contributed by atoms with E-state index in [1.807, 2.05) is 62.4 Å². The Morgan fingerprint density at radius 2 is 1.82 bits per heavy atom. The zero-order valence-electron chi connectivity index (χ0n) is 16.3. The van der Waals surface area contributed by atoms with Crippen molar-refractivity contribution >= 4 is 17.9 Å². The molecular formula is C23H24N2O3. The minimum absolute atomic E-state index is 0.147. The van der Waals surface area contributed by atoms with E-state index in [9.17, 15) is 9.59 Å². The van der Waals surface area contributed by atoms with Gasteiger partial charge in [0.2, 0.25) is 0 Å². The molecule has 0 saturated carbocycles. The highest BCUT2D eigenvalue weighted by molar-refractivity contribution is 6.08. The first-order chi connectivity index (χ1) is 13.5. The van der Waals surface area contributed by atoms with Gasteiger partial charge in [0.25, 0.3) is 0 Å². The lowest BCUT2D eigenvalue weighted by Gasteiger charge is -2.29. The monoisotopic (exact) mass is 376 g/mol. The molecule has 0 spiro atoms. The minimum atomic E-state index is -0.471. The number of carbonyl (C=O) groups is 2. The predicted molar refractivity (Wildman–Crippen MR) is 110 cm³/mol. The van der Waals surface area contributed by atoms with Gasteiger partial charge in [-0.05, 0) is 43.2 Å². The highest BCUT2D eigenvalue weighted by atomic mass is 16.5. The fourth-order valence-electron chi connectivity index (χ4n) is 2.98. The van der Waals surface area contributed by atoms with Crippen molar-refractivity contribution in [3.8, 4) is 5.75 Å². The van der Waals surface area contributed by atoms with E-state index < -0.39 is 6.04 Å². The van der Waals surface area contributed by atoms with Crippen molar-refractivity contribution in [1.82, 2.24) is 10.2 Å². The second kappa shape index (κ2) is 8.57. The van der Waals surface area contributed by atoms with Gasteiger partial charge >= 0.3 is 6.03 Å². The molecule has 1 atom stereocenters. The Kier molecular flexibility index (Phi) is 5.94. The molecular weight excluding hydrogens is 352 g/mol. The van der Waals surface area contributed by atoms with Crippen molar-refractivity contribution < 1.29 is 14.3 Å². The standard InChI is InChI=1S/C23H24N2O3/c1-4-28-19-12-7-17(8-13-19)9-14-21(26)20-15-25(3)23(27)24-22(20)18-10-5-16(2)6-11-18/h5-15,22H,4H2,1-3H3,(H,24,27)/b14-9+/t22-/m1/s1. The summed E-state index contributed by atoms with van der Waals surface area (Å²) >= 11 is 0. The summed E-state index contributed by atoms with van der Waals surface area (Å²) in [6.45, 7) is 4.55. The quantitative estimate of drug-likeness (QED) is 0.767. The number of rotatable bonds is 6. The number of benzene rings is 2. The third-order valence-corrected chi connectivity index (χ3v) is 4.55. The van der Waals surface area contributed by atoms with Gasteiger partial charge in [0, 0.05) is 18.8 Å². The van der Waals surface area contributed by atoms with Crippen molar-refractivity contribution in [1.29, 1.82) is 0 Å². The Hall–Kier alpha value is -3.34. The average Bonchev–Trinajstić information content (AvgIpc) is 2.70. The fourth-order valence-corrected chi connectivity index (χ4v) is 2.98. The minimum Gasteiger partial charge on any atom is -0.494 e. The average molecular weight is 376 g/mol. The Bertz CT molecular complexity index is 912. The molecule has 2 amide bonds. The van der Waals surface area contributed by atoms with Gasteiger partial charge in [0.05, 0.1) is 12.6 Å². The summed E-state index contributed by atoms with van der Waals surface area (Å²) in [5, 5.41) is 2.90. The summed E-state index contributed by atoms with van der Waals surface area (Å²) in [5.74, 6) is 0.649. The molecule has 0 saturated heterocycles. The lowest BCUT2D eigenvalue weighted by atomic mass is 9.94. The second-order valence-electron chi connectivity index (χ2n) is 6.69. The molecule has 2 aromatic rings. The number of urea groups is 1. The van der Waals surface area contributed by atoms with Gasteiger partial charge in [0.1, 0.15) is 5.75 Å². The van der Waals surface area contributed by atoms with E-state index in [1.54, 1.807) is 19.3 Å². The van der Waals surface area contributed by atoms with Crippen molar-refractivity contribution in [3.05, 3.63) is 83.1 Å². The maximum absolute atomic E-state index is 12.9. The van der Waals surface area contributed by atoms with Crippen LogP contribution in [0.4, 0.5) is 4.79 Å². The molecule has 1 N–H and O–H groups in total. The van der Waals surface area contributed by atoms with Crippen LogP contribution in [0.15, 0.2) is 66.4 Å². The van der Waals surface area contributed by atoms with Gasteiger partial charge in [-0.15, -0.1) is 0 Å². The van der Waals surface area contributed by atoms with E-state index in [4.69, 9.17) is 4.74 Å². The molecule has 0 aromatic heterocycles. The molecule has 0 bridgehead atoms. The zero-order chi connectivity index (χ0) is 20.1. The lowest BCUT2D eigenvalue weighted by molar-refractivity contribution is -0.111. The first-order valence-electron chi connectivity index (χ1n) is 9.25. The summed E-state index contributed by atoms with van der Waals surface area (Å²) in [4.78, 5) is 26.4. The highest BCUT2D eigenvalue weighted by Crippen LogP contribution is 2.27. The first-order valence-corrected chi connectivity index (χ1v) is 9.25. The number of nitrogens with one attached hydrogen (secondary N) is 1. The Morgan fingerprint density at radius 1 is 1.14 bits per heavy atom. The van der Waals surface area contributed by atoms with Gasteiger partial charge in [0.15, 0.2) is 5.78 Å². The van der Waals surface area contributed by atoms with Crippen molar-refractivity contribution in [2.45, 2.75) is 19.9 Å². The summed E-state index contributed by atoms with van der Waals surface area (Å²) in [6, 6.07) is 14.6. The van der Waals surface area contributed by atoms with Gasteiger partial charge in [-0.25, -0.2) is 4.79 Å². The van der Waals surface area contributed by atoms with Crippen LogP contribution in [-0.4, -0.2) is 30.4 Å². The van der Waals surface area contributed by atoms with Gasteiger partial charge in [-0.2, -0.15) is 0 Å². The third kappa shape index (κ3) is 4.49. The molecule has 0 unspecified atom stereocenters. The smallest absolute Gasteiger partial charge is 0.321 e. The van der Waals surface area contributed by atoms with Crippen LogP contribution in [-0.2, 0) is 4.79 Å². The molecule has 5 nitrogen and oxygen atoms in total. The molecule has 0 fully saturated rings. The molecule has 144 valence electrons. The van der Waals surface area contributed by atoms with Crippen LogP contribution in [0, 0.1) is 6.92 Å². The van der Waals surface area contributed by atoms with E-state index in [2.05, 4.69) is 5.32 Å². The zero-order valence-corrected chi connectivity index (χ0v) is 16.3. The van der Waals surface area contributed by atoms with Crippen molar-refractivity contribution in [2.75, 3.05) is 13.7 Å². The molecule has 28 heavy (non-hydrogen) atoms. The van der Waals surface area contributed by atoms with Gasteiger partial charge < -0.3 is 15.0 Å². The topological polar surface area (TPSA) is 58.6 Å². The lowest BCUT2D eigenvalue weighted by Crippen LogP contribution is -2.43. The molecule has 1 heterocycles. The number of amides is 2. The van der Waals surface area contributed by atoms with Crippen LogP contribution >= 0.6 is 0 Å². The molecule has 2 aromatic carbocycles. The Balaban J connectivity index is 1.83. The van der Waals surface area contributed by atoms with E-state index >= 15 is 0 Å². The number of nitrogens with zero attached hydrogens (tertiary/aromatic N) is 1. The van der Waals surface area contributed by atoms with Crippen LogP contribution in [0.25, 0.3) is 6.08 Å². The SMILES string of the molecule is CCOc1ccc(/C=C/C(=O)C2=CN(C)C(=O)N[C@@H]2c2ccc(C)cc2)cc1. The number of hydrogen-bond acceptors (Lipinski definition) is 3. The molecule has 0 radical (unpaired) electrons. The van der Waals surface area contributed by atoms with Crippen LogP contribution in [0.2, 0.25) is 0 Å². The molecule has 3 rings (SSSR count). The van der Waals surface area contributed by atoms with E-state index in [0.29, 0.717) is 12.2 Å². The highest BCUT2D eigenvalue weighted by Gasteiger charge is 2.29. The number of ketones is 1. The molecule has 1 aliphatic heterocycles. The number of carbonyl (C=O) groups excluding carboxylic acids is 2. The summed E-state index contributed by atoms with van der Waals surface area (Å²) in [5.41, 5.74) is 3.42. The molecule has 5 heteroatoms. The maximum Gasteiger partial charge on any atom is 0.321 e. The van der Waals surface area contributed by atoms with Gasteiger partial charge in [-0.3, -0.25) is 4.79 Å². The molecule has 1 aliphatic rings. The third-order valence-electron chi connectivity index (χ3n) is 4.55. The van der Waals surface area contributed by atoms with Crippen molar-refractivity contribution in [3.63, 3.8) is 0 Å². The van der Waals surface area contributed by atoms with E-state index in [-0.39, 0.29) is 11.8 Å². The number of hydrogen-bond donors (Lipinski definition) is 1. The summed E-state index contributed by atoms with van der Waals surface area (Å²) in [7, 11) is 1.63. The van der Waals surface area contributed by atoms with Crippen LogP contribution < -0.4 is 10.1 Å². The first kappa shape index (κ1) is 19.4. The van der Waals surface area contributed by atoms with E-state index in [0.717, 1.165) is 22.4 Å². The molecule has 0 aliphatic carbocycles. The van der Waals surface area contributed by atoms with Crippen LogP contribution in [0.5, 0.6) is 5.75 Å². The van der Waals surface area contributed by atoms with Gasteiger partial charge in [-0.1, -0.05) is 48.0 Å². The normalized spacial score (nSPS) is 16.7. The number of ether oxygens (including phenoxy) is 1. The van der Waals surface area contributed by atoms with Crippen molar-refractivity contribution in [2.24, 2.45) is 0 Å². The van der Waals surface area contributed by atoms with Crippen LogP contribution in [0.1, 0.15) is 29.7 Å². The summed E-state index contributed by atoms with van der Waals surface area (Å²) < 4.78 is 5.43. The Labute approximate surface area is 165 Å². The number of allylic oxidation sites excluding steroid dienone is 1. The summed E-state index contributed by atoms with van der Waals surface area (Å²) in [6.07, 6.45) is 4.91. The fraction of sp³-hybridized carbons (Fsp3) is 0.217. The predicted octanol–water partition coefficient (Wildman–Crippen LogP) is 4.26. The second-order valence-corrected chi connectivity index (χ2v) is 6.69. The maximum atomic E-state index is 12.9.